The van der Waals surface area contributed by atoms with E-state index in [-0.39, 0.29) is 18.2 Å². The zero-order valence-electron chi connectivity index (χ0n) is 14.6. The maximum absolute atomic E-state index is 12.3. The quantitative estimate of drug-likeness (QED) is 0.919. The Morgan fingerprint density at radius 1 is 1.30 bits per heavy atom. The maximum Gasteiger partial charge on any atom is 0.410 e. The molecular weight excluding hydrogens is 310 g/mol. The number of thiophene rings is 1. The fraction of sp³-hybridized carbons (Fsp3) is 0.706. The van der Waals surface area contributed by atoms with E-state index in [2.05, 4.69) is 28.7 Å². The molecule has 0 spiro atoms. The molecular formula is C17H29N3O2S. The van der Waals surface area contributed by atoms with Gasteiger partial charge in [0.05, 0.1) is 6.04 Å². The van der Waals surface area contributed by atoms with Crippen LogP contribution in [0.3, 0.4) is 0 Å². The molecule has 0 aliphatic carbocycles. The van der Waals surface area contributed by atoms with Crippen LogP contribution >= 0.6 is 11.3 Å². The van der Waals surface area contributed by atoms with Crippen molar-refractivity contribution < 1.29 is 9.53 Å². The molecule has 1 aliphatic rings. The topological polar surface area (TPSA) is 58.8 Å². The number of nitrogens with zero attached hydrogens (tertiary/aromatic N) is 2. The summed E-state index contributed by atoms with van der Waals surface area (Å²) in [5.41, 5.74) is 7.07. The highest BCUT2D eigenvalue weighted by molar-refractivity contribution is 7.07. The Labute approximate surface area is 143 Å². The number of amides is 1. The van der Waals surface area contributed by atoms with Crippen molar-refractivity contribution in [3.63, 3.8) is 0 Å². The molecule has 1 amide bonds. The third-order valence-electron chi connectivity index (χ3n) is 3.96. The fourth-order valence-electron chi connectivity index (χ4n) is 3.01. The van der Waals surface area contributed by atoms with Crippen LogP contribution in [-0.2, 0) is 4.74 Å². The summed E-state index contributed by atoms with van der Waals surface area (Å²) < 4.78 is 5.49. The molecule has 23 heavy (non-hydrogen) atoms. The third kappa shape index (κ3) is 5.19. The van der Waals surface area contributed by atoms with E-state index in [1.54, 1.807) is 11.3 Å². The molecule has 1 aliphatic heterocycles. The maximum atomic E-state index is 12.3. The average molecular weight is 340 g/mol. The predicted octanol–water partition coefficient (Wildman–Crippen LogP) is 3.08. The molecule has 2 atom stereocenters. The van der Waals surface area contributed by atoms with E-state index < -0.39 is 5.60 Å². The smallest absolute Gasteiger partial charge is 0.410 e. The van der Waals surface area contributed by atoms with E-state index in [1.807, 2.05) is 25.7 Å². The lowest BCUT2D eigenvalue weighted by molar-refractivity contribution is 0.0254. The Balaban J connectivity index is 2.01. The summed E-state index contributed by atoms with van der Waals surface area (Å²) in [5, 5.41) is 4.26. The Morgan fingerprint density at radius 3 is 2.61 bits per heavy atom. The molecule has 2 unspecified atom stereocenters. The largest absolute Gasteiger partial charge is 0.444 e. The lowest BCUT2D eigenvalue weighted by Crippen LogP contribution is -2.42. The van der Waals surface area contributed by atoms with Gasteiger partial charge < -0.3 is 15.4 Å². The van der Waals surface area contributed by atoms with Gasteiger partial charge in [0.1, 0.15) is 5.60 Å². The number of carbonyl (C=O) groups excluding carboxylic acids is 1. The monoisotopic (exact) mass is 339 g/mol. The summed E-state index contributed by atoms with van der Waals surface area (Å²) in [7, 11) is 0. The van der Waals surface area contributed by atoms with Gasteiger partial charge in [0.2, 0.25) is 0 Å². The van der Waals surface area contributed by atoms with Gasteiger partial charge in [-0.05, 0) is 56.5 Å². The lowest BCUT2D eigenvalue weighted by atomic mass is 10.0. The van der Waals surface area contributed by atoms with Crippen LogP contribution in [0.25, 0.3) is 0 Å². The number of hydrogen-bond donors (Lipinski definition) is 1. The first-order valence-corrected chi connectivity index (χ1v) is 9.22. The highest BCUT2D eigenvalue weighted by Gasteiger charge is 2.29. The average Bonchev–Trinajstić information content (AvgIpc) is 2.81. The summed E-state index contributed by atoms with van der Waals surface area (Å²) in [5.74, 6) is 0. The van der Waals surface area contributed by atoms with Crippen molar-refractivity contribution in [3.8, 4) is 0 Å². The number of rotatable bonds is 3. The van der Waals surface area contributed by atoms with Crippen molar-refractivity contribution in [1.82, 2.24) is 9.80 Å². The fourth-order valence-corrected chi connectivity index (χ4v) is 3.70. The van der Waals surface area contributed by atoms with Crippen molar-refractivity contribution in [1.29, 1.82) is 0 Å². The van der Waals surface area contributed by atoms with Crippen LogP contribution in [0.2, 0.25) is 0 Å². The van der Waals surface area contributed by atoms with Crippen LogP contribution in [-0.4, -0.2) is 53.7 Å². The van der Waals surface area contributed by atoms with Crippen molar-refractivity contribution in [2.45, 2.75) is 51.8 Å². The second kappa shape index (κ2) is 7.64. The van der Waals surface area contributed by atoms with Crippen LogP contribution in [0.15, 0.2) is 16.8 Å². The second-order valence-corrected chi connectivity index (χ2v) is 8.00. The minimum atomic E-state index is -0.450. The number of nitrogens with two attached hydrogens (primary N) is 1. The van der Waals surface area contributed by atoms with Gasteiger partial charge in [-0.15, -0.1) is 0 Å². The summed E-state index contributed by atoms with van der Waals surface area (Å²) in [6.45, 7) is 10.9. The zero-order valence-corrected chi connectivity index (χ0v) is 15.4. The standard InChI is InChI=1S/C17H29N3O2S/c1-13(18)15(14-6-11-23-12-14)19-7-5-8-20(10-9-19)16(21)22-17(2,3)4/h6,11-13,15H,5,7-10,18H2,1-4H3. The summed E-state index contributed by atoms with van der Waals surface area (Å²) in [6, 6.07) is 2.41. The minimum absolute atomic E-state index is 0.0534. The van der Waals surface area contributed by atoms with E-state index in [1.165, 1.54) is 5.56 Å². The van der Waals surface area contributed by atoms with Gasteiger partial charge in [-0.3, -0.25) is 4.90 Å². The van der Waals surface area contributed by atoms with Crippen LogP contribution in [0.5, 0.6) is 0 Å². The van der Waals surface area contributed by atoms with Gasteiger partial charge in [-0.2, -0.15) is 11.3 Å². The molecule has 1 fully saturated rings. The van der Waals surface area contributed by atoms with Gasteiger partial charge in [0.15, 0.2) is 0 Å². The molecule has 1 saturated heterocycles. The summed E-state index contributed by atoms with van der Waals surface area (Å²) in [6.07, 6.45) is 0.722. The van der Waals surface area contributed by atoms with E-state index in [9.17, 15) is 4.79 Å². The van der Waals surface area contributed by atoms with Gasteiger partial charge in [-0.1, -0.05) is 0 Å². The predicted molar refractivity (Wildman–Crippen MR) is 94.7 cm³/mol. The molecule has 2 N–H and O–H groups in total. The van der Waals surface area contributed by atoms with Crippen molar-refractivity contribution in [2.24, 2.45) is 5.73 Å². The van der Waals surface area contributed by atoms with Crippen LogP contribution in [0, 0.1) is 0 Å². The van der Waals surface area contributed by atoms with Gasteiger partial charge >= 0.3 is 6.09 Å². The first-order chi connectivity index (χ1) is 10.8. The van der Waals surface area contributed by atoms with Crippen LogP contribution in [0.1, 0.15) is 45.7 Å². The van der Waals surface area contributed by atoms with Gasteiger partial charge in [-0.25, -0.2) is 4.79 Å². The SMILES string of the molecule is CC(N)C(c1ccsc1)N1CCCN(C(=O)OC(C)(C)C)CC1. The number of carbonyl (C=O) groups is 1. The minimum Gasteiger partial charge on any atom is -0.444 e. The molecule has 1 aromatic rings. The van der Waals surface area contributed by atoms with E-state index in [0.717, 1.165) is 26.1 Å². The summed E-state index contributed by atoms with van der Waals surface area (Å²) in [4.78, 5) is 16.5. The summed E-state index contributed by atoms with van der Waals surface area (Å²) >= 11 is 1.70. The van der Waals surface area contributed by atoms with Gasteiger partial charge in [0, 0.05) is 32.2 Å². The van der Waals surface area contributed by atoms with Crippen LogP contribution < -0.4 is 5.73 Å². The molecule has 2 rings (SSSR count). The molecule has 130 valence electrons. The van der Waals surface area contributed by atoms with Crippen molar-refractivity contribution >= 4 is 17.4 Å². The molecule has 5 nitrogen and oxygen atoms in total. The number of ether oxygens (including phenoxy) is 1. The first-order valence-electron chi connectivity index (χ1n) is 8.27. The number of hydrogen-bond acceptors (Lipinski definition) is 5. The highest BCUT2D eigenvalue weighted by Crippen LogP contribution is 2.27. The molecule has 6 heteroatoms. The van der Waals surface area contributed by atoms with E-state index >= 15 is 0 Å². The Kier molecular flexibility index (Phi) is 6.06. The molecule has 1 aromatic heterocycles. The third-order valence-corrected chi connectivity index (χ3v) is 4.66. The van der Waals surface area contributed by atoms with E-state index in [4.69, 9.17) is 10.5 Å². The van der Waals surface area contributed by atoms with Crippen molar-refractivity contribution in [3.05, 3.63) is 22.4 Å². The molecule has 2 heterocycles. The van der Waals surface area contributed by atoms with Crippen LogP contribution in [0.4, 0.5) is 4.79 Å². The highest BCUT2D eigenvalue weighted by atomic mass is 32.1. The van der Waals surface area contributed by atoms with Crippen molar-refractivity contribution in [2.75, 3.05) is 26.2 Å². The Hall–Kier alpha value is -1.11. The zero-order chi connectivity index (χ0) is 17.0. The molecule has 0 aromatic carbocycles. The second-order valence-electron chi connectivity index (χ2n) is 7.22. The molecule has 0 radical (unpaired) electrons. The molecule has 0 saturated carbocycles. The normalized spacial score (nSPS) is 20.0. The Morgan fingerprint density at radius 2 is 2.04 bits per heavy atom. The molecule has 0 bridgehead atoms. The first kappa shape index (κ1) is 18.2. The van der Waals surface area contributed by atoms with Gasteiger partial charge in [0.25, 0.3) is 0 Å². The Bertz CT molecular complexity index is 496. The van der Waals surface area contributed by atoms with E-state index in [0.29, 0.717) is 6.54 Å². The lowest BCUT2D eigenvalue weighted by Gasteiger charge is -2.33.